The number of benzene rings is 1. The minimum Gasteiger partial charge on any atom is -0.224 e. The lowest BCUT2D eigenvalue weighted by atomic mass is 10.1. The van der Waals surface area contributed by atoms with Gasteiger partial charge < -0.3 is 0 Å². The number of hydrogen-bond acceptors (Lipinski definition) is 2. The molecule has 0 aromatic heterocycles. The molecule has 84 valence electrons. The van der Waals surface area contributed by atoms with Crippen LogP contribution >= 0.6 is 11.6 Å². The molecule has 0 spiro atoms. The maximum Gasteiger partial charge on any atom is 0.178 e. The fourth-order valence-electron chi connectivity index (χ4n) is 1.27. The van der Waals surface area contributed by atoms with Crippen molar-refractivity contribution in [1.29, 1.82) is 0 Å². The Labute approximate surface area is 96.2 Å². The molecule has 1 aromatic rings. The fraction of sp³-hybridized carbons (Fsp3) is 0.455. The highest BCUT2D eigenvalue weighted by atomic mass is 35.5. The van der Waals surface area contributed by atoms with Gasteiger partial charge in [0.25, 0.3) is 0 Å². The highest BCUT2D eigenvalue weighted by Gasteiger charge is 2.13. The molecule has 0 aliphatic heterocycles. The molecule has 0 radical (unpaired) electrons. The van der Waals surface area contributed by atoms with Gasteiger partial charge in [0, 0.05) is 5.88 Å². The van der Waals surface area contributed by atoms with Gasteiger partial charge in [0.05, 0.1) is 10.6 Å². The van der Waals surface area contributed by atoms with Crippen molar-refractivity contribution in [3.05, 3.63) is 29.3 Å². The van der Waals surface area contributed by atoms with Crippen molar-refractivity contribution in [2.45, 2.75) is 25.2 Å². The van der Waals surface area contributed by atoms with Crippen LogP contribution in [0.5, 0.6) is 0 Å². The zero-order valence-electron chi connectivity index (χ0n) is 8.96. The number of alkyl halides is 1. The molecule has 4 heteroatoms. The van der Waals surface area contributed by atoms with Crippen molar-refractivity contribution >= 4 is 21.4 Å². The van der Waals surface area contributed by atoms with Gasteiger partial charge >= 0.3 is 0 Å². The predicted molar refractivity (Wildman–Crippen MR) is 63.3 cm³/mol. The van der Waals surface area contributed by atoms with Crippen molar-refractivity contribution in [1.82, 2.24) is 0 Å². The summed E-state index contributed by atoms with van der Waals surface area (Å²) < 4.78 is 23.6. The molecule has 0 aliphatic carbocycles. The van der Waals surface area contributed by atoms with Crippen LogP contribution in [-0.4, -0.2) is 20.1 Å². The van der Waals surface area contributed by atoms with Crippen molar-refractivity contribution in [3.8, 4) is 0 Å². The molecule has 1 aromatic carbocycles. The molecule has 0 bridgehead atoms. The summed E-state index contributed by atoms with van der Waals surface area (Å²) in [7, 11) is -3.15. The monoisotopic (exact) mass is 246 g/mol. The summed E-state index contributed by atoms with van der Waals surface area (Å²) in [6, 6.07) is 5.22. The number of halogens is 1. The van der Waals surface area contributed by atoms with E-state index in [9.17, 15) is 8.42 Å². The van der Waals surface area contributed by atoms with E-state index in [1.54, 1.807) is 12.1 Å². The Balaban J connectivity index is 3.00. The molecule has 2 nitrogen and oxygen atoms in total. The average molecular weight is 247 g/mol. The molecule has 0 saturated heterocycles. The smallest absolute Gasteiger partial charge is 0.178 e. The highest BCUT2D eigenvalue weighted by molar-refractivity contribution is 7.91. The van der Waals surface area contributed by atoms with Crippen LogP contribution in [-0.2, 0) is 9.84 Å². The first-order valence-electron chi connectivity index (χ1n) is 4.83. The second-order valence-electron chi connectivity index (χ2n) is 3.61. The first kappa shape index (κ1) is 12.5. The minimum absolute atomic E-state index is 0.124. The molecule has 0 aliphatic rings. The molecular formula is C11H15ClO2S. The molecule has 0 amide bonds. The van der Waals surface area contributed by atoms with Gasteiger partial charge in [0.1, 0.15) is 0 Å². The lowest BCUT2D eigenvalue weighted by molar-refractivity contribution is 0.594. The van der Waals surface area contributed by atoms with E-state index in [0.717, 1.165) is 11.1 Å². The van der Waals surface area contributed by atoms with E-state index in [0.29, 0.717) is 17.2 Å². The molecule has 0 unspecified atom stereocenters. The Kier molecular flexibility index (Phi) is 4.17. The van der Waals surface area contributed by atoms with Crippen molar-refractivity contribution in [2.75, 3.05) is 11.6 Å². The Hall–Kier alpha value is -0.540. The van der Waals surface area contributed by atoms with Gasteiger partial charge in [-0.3, -0.25) is 0 Å². The summed E-state index contributed by atoms with van der Waals surface area (Å²) in [6.45, 7) is 3.88. The Morgan fingerprint density at radius 1 is 1.20 bits per heavy atom. The standard InChI is InChI=1S/C11H15ClO2S/c1-9-4-5-11(8-10(9)2)15(13,14)7-3-6-12/h4-5,8H,3,6-7H2,1-2H3. The maximum absolute atomic E-state index is 11.8. The maximum atomic E-state index is 11.8. The van der Waals surface area contributed by atoms with Crippen molar-refractivity contribution in [2.24, 2.45) is 0 Å². The Morgan fingerprint density at radius 3 is 2.40 bits per heavy atom. The quantitative estimate of drug-likeness (QED) is 0.766. The van der Waals surface area contributed by atoms with Gasteiger partial charge in [-0.25, -0.2) is 8.42 Å². The molecule has 0 fully saturated rings. The van der Waals surface area contributed by atoms with Crippen LogP contribution < -0.4 is 0 Å². The minimum atomic E-state index is -3.15. The topological polar surface area (TPSA) is 34.1 Å². The van der Waals surface area contributed by atoms with E-state index in [-0.39, 0.29) is 5.75 Å². The van der Waals surface area contributed by atoms with E-state index in [4.69, 9.17) is 11.6 Å². The van der Waals surface area contributed by atoms with Crippen molar-refractivity contribution < 1.29 is 8.42 Å². The number of hydrogen-bond donors (Lipinski definition) is 0. The number of aryl methyl sites for hydroxylation is 2. The number of rotatable bonds is 4. The van der Waals surface area contributed by atoms with Gasteiger partial charge in [-0.15, -0.1) is 11.6 Å². The van der Waals surface area contributed by atoms with Gasteiger partial charge in [-0.1, -0.05) is 6.07 Å². The summed E-state index contributed by atoms with van der Waals surface area (Å²) >= 11 is 5.49. The zero-order chi connectivity index (χ0) is 11.5. The SMILES string of the molecule is Cc1ccc(S(=O)(=O)CCCCl)cc1C. The largest absolute Gasteiger partial charge is 0.224 e. The Bertz CT molecular complexity index is 438. The van der Waals surface area contributed by atoms with Crippen LogP contribution in [0, 0.1) is 13.8 Å². The third-order valence-corrected chi connectivity index (χ3v) is 4.45. The lowest BCUT2D eigenvalue weighted by Crippen LogP contribution is -2.07. The van der Waals surface area contributed by atoms with E-state index in [1.165, 1.54) is 0 Å². The summed E-state index contributed by atoms with van der Waals surface area (Å²) in [4.78, 5) is 0.399. The highest BCUT2D eigenvalue weighted by Crippen LogP contribution is 2.16. The first-order valence-corrected chi connectivity index (χ1v) is 7.02. The second kappa shape index (κ2) is 4.99. The summed E-state index contributed by atoms with van der Waals surface area (Å²) in [5, 5.41) is 0. The van der Waals surface area contributed by atoms with Crippen LogP contribution in [0.3, 0.4) is 0 Å². The van der Waals surface area contributed by atoms with Crippen LogP contribution in [0.2, 0.25) is 0 Å². The Morgan fingerprint density at radius 2 is 1.87 bits per heavy atom. The number of sulfone groups is 1. The first-order chi connectivity index (χ1) is 6.97. The van der Waals surface area contributed by atoms with Crippen LogP contribution in [0.25, 0.3) is 0 Å². The van der Waals surface area contributed by atoms with Gasteiger partial charge in [-0.05, 0) is 43.5 Å². The van der Waals surface area contributed by atoms with Crippen LogP contribution in [0.15, 0.2) is 23.1 Å². The predicted octanol–water partition coefficient (Wildman–Crippen LogP) is 2.71. The molecule has 0 saturated carbocycles. The molecule has 0 N–H and O–H groups in total. The van der Waals surface area contributed by atoms with E-state index in [2.05, 4.69) is 0 Å². The molecular weight excluding hydrogens is 232 g/mol. The third kappa shape index (κ3) is 3.21. The van der Waals surface area contributed by atoms with E-state index < -0.39 is 9.84 Å². The third-order valence-electron chi connectivity index (χ3n) is 2.38. The van der Waals surface area contributed by atoms with Crippen LogP contribution in [0.4, 0.5) is 0 Å². The summed E-state index contributed by atoms with van der Waals surface area (Å²) in [5.74, 6) is 0.503. The summed E-state index contributed by atoms with van der Waals surface area (Å²) in [6.07, 6.45) is 0.497. The molecule has 0 atom stereocenters. The van der Waals surface area contributed by atoms with E-state index in [1.807, 2.05) is 19.9 Å². The fourth-order valence-corrected chi connectivity index (χ4v) is 2.95. The molecule has 1 rings (SSSR count). The van der Waals surface area contributed by atoms with Gasteiger partial charge in [0.2, 0.25) is 0 Å². The van der Waals surface area contributed by atoms with Crippen molar-refractivity contribution in [3.63, 3.8) is 0 Å². The average Bonchev–Trinajstić information content (AvgIpc) is 2.19. The summed E-state index contributed by atoms with van der Waals surface area (Å²) in [5.41, 5.74) is 2.10. The van der Waals surface area contributed by atoms with Crippen LogP contribution in [0.1, 0.15) is 17.5 Å². The second-order valence-corrected chi connectivity index (χ2v) is 6.09. The zero-order valence-corrected chi connectivity index (χ0v) is 10.5. The lowest BCUT2D eigenvalue weighted by Gasteiger charge is -2.06. The van der Waals surface area contributed by atoms with Gasteiger partial charge in [-0.2, -0.15) is 0 Å². The normalized spacial score (nSPS) is 11.7. The molecule has 15 heavy (non-hydrogen) atoms. The molecule has 0 heterocycles. The van der Waals surface area contributed by atoms with E-state index >= 15 is 0 Å². The van der Waals surface area contributed by atoms with Gasteiger partial charge in [0.15, 0.2) is 9.84 Å².